The Labute approximate surface area is 164 Å². The van der Waals surface area contributed by atoms with Gasteiger partial charge in [0, 0.05) is 20.1 Å². The molecule has 0 saturated carbocycles. The molecule has 1 fully saturated rings. The standard InChI is InChI=1S/C20H26N6O2/c1-21-20(22-13-18-14-26(24-23-18)15-19(27)28-2)25-10-8-17(9-11-25)12-16-6-4-3-5-7-16/h3-7,12,14H,8-11,13,15H2,1-2H3,(H,21,22). The summed E-state index contributed by atoms with van der Waals surface area (Å²) in [7, 11) is 3.14. The SMILES string of the molecule is CN=C(NCc1cn(CC(=O)OC)nn1)N1CCC(=Cc2ccccc2)CC1. The van der Waals surface area contributed by atoms with Gasteiger partial charge in [0.25, 0.3) is 0 Å². The third kappa shape index (κ3) is 5.42. The number of piperidine rings is 1. The first-order chi connectivity index (χ1) is 13.7. The molecule has 2 heterocycles. The fourth-order valence-electron chi connectivity index (χ4n) is 3.13. The molecule has 0 atom stereocenters. The van der Waals surface area contributed by atoms with Crippen LogP contribution < -0.4 is 5.32 Å². The smallest absolute Gasteiger partial charge is 0.327 e. The van der Waals surface area contributed by atoms with Gasteiger partial charge in [-0.25, -0.2) is 4.68 Å². The van der Waals surface area contributed by atoms with E-state index in [1.807, 2.05) is 6.07 Å². The summed E-state index contributed by atoms with van der Waals surface area (Å²) in [6.45, 7) is 2.40. The van der Waals surface area contributed by atoms with Gasteiger partial charge >= 0.3 is 5.97 Å². The van der Waals surface area contributed by atoms with E-state index in [2.05, 4.69) is 60.6 Å². The topological polar surface area (TPSA) is 84.6 Å². The summed E-state index contributed by atoms with van der Waals surface area (Å²) in [5.74, 6) is 0.495. The van der Waals surface area contributed by atoms with Crippen molar-refractivity contribution >= 4 is 18.0 Å². The van der Waals surface area contributed by atoms with Crippen molar-refractivity contribution in [1.82, 2.24) is 25.2 Å². The molecule has 0 bridgehead atoms. The number of esters is 1. The molecule has 2 aromatic rings. The molecule has 28 heavy (non-hydrogen) atoms. The predicted molar refractivity (Wildman–Crippen MR) is 107 cm³/mol. The van der Waals surface area contributed by atoms with Gasteiger partial charge in [0.15, 0.2) is 5.96 Å². The number of ether oxygens (including phenoxy) is 1. The Morgan fingerprint density at radius 3 is 2.71 bits per heavy atom. The number of methoxy groups -OCH3 is 1. The van der Waals surface area contributed by atoms with E-state index in [-0.39, 0.29) is 12.5 Å². The highest BCUT2D eigenvalue weighted by Gasteiger charge is 2.17. The van der Waals surface area contributed by atoms with Crippen molar-refractivity contribution in [1.29, 1.82) is 0 Å². The summed E-state index contributed by atoms with van der Waals surface area (Å²) < 4.78 is 6.10. The fourth-order valence-corrected chi connectivity index (χ4v) is 3.13. The van der Waals surface area contributed by atoms with Crippen LogP contribution in [-0.2, 0) is 22.6 Å². The highest BCUT2D eigenvalue weighted by molar-refractivity contribution is 5.80. The van der Waals surface area contributed by atoms with Crippen molar-refractivity contribution in [3.63, 3.8) is 0 Å². The average molecular weight is 382 g/mol. The number of aliphatic imine (C=N–C) groups is 1. The molecule has 8 heteroatoms. The summed E-state index contributed by atoms with van der Waals surface area (Å²) in [6, 6.07) is 10.4. The molecule has 0 amide bonds. The molecular formula is C20H26N6O2. The zero-order valence-electron chi connectivity index (χ0n) is 16.3. The van der Waals surface area contributed by atoms with Crippen LogP contribution in [0.2, 0.25) is 0 Å². The first-order valence-corrected chi connectivity index (χ1v) is 9.34. The fraction of sp³-hybridized carbons (Fsp3) is 0.400. The number of likely N-dealkylation sites (tertiary alicyclic amines) is 1. The molecule has 1 aliphatic heterocycles. The van der Waals surface area contributed by atoms with Crippen molar-refractivity contribution in [3.8, 4) is 0 Å². The maximum atomic E-state index is 11.3. The van der Waals surface area contributed by atoms with E-state index in [1.165, 1.54) is 22.9 Å². The normalized spacial score (nSPS) is 14.7. The predicted octanol–water partition coefficient (Wildman–Crippen LogP) is 1.71. The van der Waals surface area contributed by atoms with Gasteiger partial charge in [-0.1, -0.05) is 47.2 Å². The van der Waals surface area contributed by atoms with Crippen molar-refractivity contribution in [2.45, 2.75) is 25.9 Å². The lowest BCUT2D eigenvalue weighted by Crippen LogP contribution is -2.44. The highest BCUT2D eigenvalue weighted by atomic mass is 16.5. The molecule has 8 nitrogen and oxygen atoms in total. The molecule has 0 unspecified atom stereocenters. The van der Waals surface area contributed by atoms with Gasteiger partial charge in [-0.2, -0.15) is 0 Å². The summed E-state index contributed by atoms with van der Waals surface area (Å²) in [4.78, 5) is 17.9. The first-order valence-electron chi connectivity index (χ1n) is 9.34. The number of hydrogen-bond donors (Lipinski definition) is 1. The maximum Gasteiger partial charge on any atom is 0.327 e. The molecule has 1 aliphatic rings. The van der Waals surface area contributed by atoms with Crippen LogP contribution in [0, 0.1) is 0 Å². The number of benzene rings is 1. The van der Waals surface area contributed by atoms with Gasteiger partial charge in [-0.05, 0) is 18.4 Å². The summed E-state index contributed by atoms with van der Waals surface area (Å²) >= 11 is 0. The van der Waals surface area contributed by atoms with E-state index in [0.29, 0.717) is 6.54 Å². The lowest BCUT2D eigenvalue weighted by Gasteiger charge is -2.31. The number of carbonyl (C=O) groups excluding carboxylic acids is 1. The minimum atomic E-state index is -0.354. The van der Waals surface area contributed by atoms with Crippen LogP contribution in [0.1, 0.15) is 24.1 Å². The quantitative estimate of drug-likeness (QED) is 0.481. The second kappa shape index (κ2) is 9.68. The highest BCUT2D eigenvalue weighted by Crippen LogP contribution is 2.19. The Balaban J connectivity index is 1.50. The molecule has 1 saturated heterocycles. The number of rotatable bonds is 5. The lowest BCUT2D eigenvalue weighted by atomic mass is 10.0. The van der Waals surface area contributed by atoms with Crippen molar-refractivity contribution in [3.05, 3.63) is 53.4 Å². The van der Waals surface area contributed by atoms with Gasteiger partial charge in [-0.3, -0.25) is 9.79 Å². The minimum Gasteiger partial charge on any atom is -0.468 e. The van der Waals surface area contributed by atoms with E-state index in [4.69, 9.17) is 0 Å². The van der Waals surface area contributed by atoms with Crippen LogP contribution in [0.25, 0.3) is 6.08 Å². The Bertz CT molecular complexity index is 833. The second-order valence-corrected chi connectivity index (χ2v) is 6.58. The minimum absolute atomic E-state index is 0.0564. The molecule has 1 N–H and O–H groups in total. The molecule has 148 valence electrons. The number of nitrogens with one attached hydrogen (secondary N) is 1. The van der Waals surface area contributed by atoms with Crippen LogP contribution in [0.15, 0.2) is 47.1 Å². The molecule has 1 aromatic heterocycles. The van der Waals surface area contributed by atoms with Gasteiger partial charge in [0.1, 0.15) is 12.2 Å². The number of nitrogens with zero attached hydrogens (tertiary/aromatic N) is 5. The second-order valence-electron chi connectivity index (χ2n) is 6.58. The number of aromatic nitrogens is 3. The van der Waals surface area contributed by atoms with Crippen LogP contribution >= 0.6 is 0 Å². The van der Waals surface area contributed by atoms with Crippen LogP contribution in [-0.4, -0.2) is 59.1 Å². The third-order valence-corrected chi connectivity index (χ3v) is 4.62. The van der Waals surface area contributed by atoms with Gasteiger partial charge in [0.2, 0.25) is 0 Å². The van der Waals surface area contributed by atoms with Crippen LogP contribution in [0.3, 0.4) is 0 Å². The Hall–Kier alpha value is -3.16. The third-order valence-electron chi connectivity index (χ3n) is 4.62. The molecule has 1 aromatic carbocycles. The number of carbonyl (C=O) groups is 1. The van der Waals surface area contributed by atoms with E-state index in [1.54, 1.807) is 13.2 Å². The monoisotopic (exact) mass is 382 g/mol. The van der Waals surface area contributed by atoms with Gasteiger partial charge in [0.05, 0.1) is 19.9 Å². The van der Waals surface area contributed by atoms with Crippen molar-refractivity contribution < 1.29 is 9.53 Å². The Morgan fingerprint density at radius 1 is 1.29 bits per heavy atom. The molecule has 3 rings (SSSR count). The largest absolute Gasteiger partial charge is 0.468 e. The van der Waals surface area contributed by atoms with E-state index in [9.17, 15) is 4.79 Å². The number of guanidine groups is 1. The Kier molecular flexibility index (Phi) is 6.78. The van der Waals surface area contributed by atoms with Crippen LogP contribution in [0.4, 0.5) is 0 Å². The maximum absolute atomic E-state index is 11.3. The molecule has 0 radical (unpaired) electrons. The Morgan fingerprint density at radius 2 is 2.04 bits per heavy atom. The zero-order valence-corrected chi connectivity index (χ0v) is 16.3. The van der Waals surface area contributed by atoms with Gasteiger partial charge in [-0.15, -0.1) is 5.10 Å². The molecule has 0 aliphatic carbocycles. The zero-order chi connectivity index (χ0) is 19.8. The first kappa shape index (κ1) is 19.6. The molecule has 0 spiro atoms. The van der Waals surface area contributed by atoms with Gasteiger partial charge < -0.3 is 15.0 Å². The average Bonchev–Trinajstić information content (AvgIpc) is 3.17. The van der Waals surface area contributed by atoms with Crippen molar-refractivity contribution in [2.24, 2.45) is 4.99 Å². The van der Waals surface area contributed by atoms with Crippen molar-refractivity contribution in [2.75, 3.05) is 27.2 Å². The molecular weight excluding hydrogens is 356 g/mol. The summed E-state index contributed by atoms with van der Waals surface area (Å²) in [6.07, 6.45) is 6.05. The summed E-state index contributed by atoms with van der Waals surface area (Å²) in [5, 5.41) is 11.3. The lowest BCUT2D eigenvalue weighted by molar-refractivity contribution is -0.141. The number of hydrogen-bond acceptors (Lipinski definition) is 5. The van der Waals surface area contributed by atoms with E-state index >= 15 is 0 Å². The van der Waals surface area contributed by atoms with E-state index < -0.39 is 0 Å². The van der Waals surface area contributed by atoms with E-state index in [0.717, 1.165) is 37.6 Å². The van der Waals surface area contributed by atoms with Crippen LogP contribution in [0.5, 0.6) is 0 Å². The summed E-state index contributed by atoms with van der Waals surface area (Å²) in [5.41, 5.74) is 3.46.